The van der Waals surface area contributed by atoms with Gasteiger partial charge in [-0.15, -0.1) is 0 Å². The maximum absolute atomic E-state index is 12.5. The molecule has 0 spiro atoms. The summed E-state index contributed by atoms with van der Waals surface area (Å²) >= 11 is 0. The van der Waals surface area contributed by atoms with Crippen molar-refractivity contribution in [3.05, 3.63) is 54.0 Å². The summed E-state index contributed by atoms with van der Waals surface area (Å²) in [6.45, 7) is 5.62. The lowest BCUT2D eigenvalue weighted by atomic mass is 10.1. The lowest BCUT2D eigenvalue weighted by molar-refractivity contribution is 0.0755. The topological polar surface area (TPSA) is 62.6 Å². The van der Waals surface area contributed by atoms with Gasteiger partial charge >= 0.3 is 0 Å². The quantitative estimate of drug-likeness (QED) is 0.845. The third kappa shape index (κ3) is 4.45. The van der Waals surface area contributed by atoms with Gasteiger partial charge < -0.3 is 14.6 Å². The summed E-state index contributed by atoms with van der Waals surface area (Å²) in [5, 5.41) is 2.73. The molecule has 5 heteroatoms. The van der Waals surface area contributed by atoms with E-state index in [0.29, 0.717) is 11.3 Å². The molecule has 0 aliphatic rings. The molecule has 0 radical (unpaired) electrons. The number of furan rings is 1. The van der Waals surface area contributed by atoms with Gasteiger partial charge in [-0.25, -0.2) is 0 Å². The van der Waals surface area contributed by atoms with E-state index in [1.165, 1.54) is 6.26 Å². The molecule has 1 heterocycles. The molecule has 0 unspecified atom stereocenters. The van der Waals surface area contributed by atoms with E-state index in [0.717, 1.165) is 25.9 Å². The highest BCUT2D eigenvalue weighted by atomic mass is 16.3. The lowest BCUT2D eigenvalue weighted by Crippen LogP contribution is -2.32. The van der Waals surface area contributed by atoms with Gasteiger partial charge in [-0.3, -0.25) is 9.59 Å². The molecule has 0 saturated heterocycles. The average Bonchev–Trinajstić information content (AvgIpc) is 3.09. The number of anilines is 1. The molecule has 2 aromatic rings. The van der Waals surface area contributed by atoms with Gasteiger partial charge in [0.2, 0.25) is 0 Å². The van der Waals surface area contributed by atoms with E-state index in [4.69, 9.17) is 4.42 Å². The van der Waals surface area contributed by atoms with Crippen LogP contribution in [0.4, 0.5) is 5.69 Å². The van der Waals surface area contributed by atoms with E-state index in [-0.39, 0.29) is 17.6 Å². The Morgan fingerprint density at radius 2 is 1.70 bits per heavy atom. The highest BCUT2D eigenvalue weighted by Gasteiger charge is 2.14. The van der Waals surface area contributed by atoms with Gasteiger partial charge in [-0.1, -0.05) is 13.8 Å². The molecule has 122 valence electrons. The first-order valence-corrected chi connectivity index (χ1v) is 7.90. The Hall–Kier alpha value is -2.56. The molecule has 1 N–H and O–H groups in total. The SMILES string of the molecule is CCCN(CCC)C(=O)c1ccc(NC(=O)c2ccco2)cc1. The van der Waals surface area contributed by atoms with Gasteiger partial charge in [0, 0.05) is 24.3 Å². The molecule has 0 aliphatic carbocycles. The Morgan fingerprint density at radius 3 is 2.22 bits per heavy atom. The summed E-state index contributed by atoms with van der Waals surface area (Å²) in [5.74, 6) is -0.0347. The fourth-order valence-electron chi connectivity index (χ4n) is 2.33. The number of rotatable bonds is 7. The van der Waals surface area contributed by atoms with Crippen molar-refractivity contribution in [2.75, 3.05) is 18.4 Å². The average molecular weight is 314 g/mol. The summed E-state index contributed by atoms with van der Waals surface area (Å²) in [4.78, 5) is 26.2. The van der Waals surface area contributed by atoms with Gasteiger partial charge in [0.15, 0.2) is 5.76 Å². The zero-order valence-electron chi connectivity index (χ0n) is 13.5. The first-order chi connectivity index (χ1) is 11.2. The fourth-order valence-corrected chi connectivity index (χ4v) is 2.33. The molecule has 1 aromatic heterocycles. The van der Waals surface area contributed by atoms with Crippen molar-refractivity contribution in [2.24, 2.45) is 0 Å². The van der Waals surface area contributed by atoms with E-state index in [1.807, 2.05) is 4.90 Å². The molecule has 0 aliphatic heterocycles. The zero-order valence-corrected chi connectivity index (χ0v) is 13.5. The summed E-state index contributed by atoms with van der Waals surface area (Å²) in [5.41, 5.74) is 1.25. The first-order valence-electron chi connectivity index (χ1n) is 7.90. The highest BCUT2D eigenvalue weighted by molar-refractivity contribution is 6.02. The number of amides is 2. The smallest absolute Gasteiger partial charge is 0.291 e. The maximum Gasteiger partial charge on any atom is 0.291 e. The predicted octanol–water partition coefficient (Wildman–Crippen LogP) is 3.79. The van der Waals surface area contributed by atoms with Gasteiger partial charge in [-0.05, 0) is 49.2 Å². The van der Waals surface area contributed by atoms with Crippen molar-refractivity contribution in [1.82, 2.24) is 4.90 Å². The number of carbonyl (C=O) groups is 2. The van der Waals surface area contributed by atoms with Crippen LogP contribution >= 0.6 is 0 Å². The second-order valence-corrected chi connectivity index (χ2v) is 5.30. The molecule has 5 nitrogen and oxygen atoms in total. The Bertz CT molecular complexity index is 627. The molecular weight excluding hydrogens is 292 g/mol. The minimum absolute atomic E-state index is 0.0256. The monoisotopic (exact) mass is 314 g/mol. The fraction of sp³-hybridized carbons (Fsp3) is 0.333. The van der Waals surface area contributed by atoms with Crippen LogP contribution in [-0.2, 0) is 0 Å². The number of nitrogens with zero attached hydrogens (tertiary/aromatic N) is 1. The minimum Gasteiger partial charge on any atom is -0.459 e. The largest absolute Gasteiger partial charge is 0.459 e. The molecular formula is C18H22N2O3. The van der Waals surface area contributed by atoms with E-state index in [9.17, 15) is 9.59 Å². The van der Waals surface area contributed by atoms with Gasteiger partial charge in [0.05, 0.1) is 6.26 Å². The van der Waals surface area contributed by atoms with E-state index < -0.39 is 0 Å². The van der Waals surface area contributed by atoms with Crippen molar-refractivity contribution < 1.29 is 14.0 Å². The number of carbonyl (C=O) groups excluding carboxylic acids is 2. The van der Waals surface area contributed by atoms with Gasteiger partial charge in [-0.2, -0.15) is 0 Å². The Kier molecular flexibility index (Phi) is 5.97. The summed E-state index contributed by atoms with van der Waals surface area (Å²) in [7, 11) is 0. The van der Waals surface area contributed by atoms with Crippen LogP contribution in [0.5, 0.6) is 0 Å². The molecule has 0 saturated carbocycles. The van der Waals surface area contributed by atoms with Crippen LogP contribution in [0.25, 0.3) is 0 Å². The summed E-state index contributed by atoms with van der Waals surface area (Å²) in [6, 6.07) is 10.2. The molecule has 0 atom stereocenters. The Labute approximate surface area is 136 Å². The Balaban J connectivity index is 2.03. The third-order valence-corrected chi connectivity index (χ3v) is 3.41. The molecule has 0 fully saturated rings. The van der Waals surface area contributed by atoms with Crippen LogP contribution in [-0.4, -0.2) is 29.8 Å². The number of hydrogen-bond acceptors (Lipinski definition) is 3. The lowest BCUT2D eigenvalue weighted by Gasteiger charge is -2.21. The van der Waals surface area contributed by atoms with Crippen molar-refractivity contribution in [1.29, 1.82) is 0 Å². The normalized spacial score (nSPS) is 10.3. The number of hydrogen-bond donors (Lipinski definition) is 1. The molecule has 1 aromatic carbocycles. The molecule has 2 amide bonds. The zero-order chi connectivity index (χ0) is 16.7. The van der Waals surface area contributed by atoms with Crippen molar-refractivity contribution in [3.63, 3.8) is 0 Å². The Morgan fingerprint density at radius 1 is 1.04 bits per heavy atom. The third-order valence-electron chi connectivity index (χ3n) is 3.41. The van der Waals surface area contributed by atoms with Gasteiger partial charge in [0.1, 0.15) is 0 Å². The molecule has 2 rings (SSSR count). The second kappa shape index (κ2) is 8.17. The van der Waals surface area contributed by atoms with E-state index in [1.54, 1.807) is 36.4 Å². The standard InChI is InChI=1S/C18H22N2O3/c1-3-11-20(12-4-2)18(22)14-7-9-15(10-8-14)19-17(21)16-6-5-13-23-16/h5-10,13H,3-4,11-12H2,1-2H3,(H,19,21). The van der Waals surface area contributed by atoms with Crippen LogP contribution in [0.1, 0.15) is 47.6 Å². The highest BCUT2D eigenvalue weighted by Crippen LogP contribution is 2.14. The maximum atomic E-state index is 12.5. The number of nitrogens with one attached hydrogen (secondary N) is 1. The van der Waals surface area contributed by atoms with Crippen LogP contribution in [0.15, 0.2) is 47.1 Å². The van der Waals surface area contributed by atoms with Crippen molar-refractivity contribution in [2.45, 2.75) is 26.7 Å². The second-order valence-electron chi connectivity index (χ2n) is 5.30. The summed E-state index contributed by atoms with van der Waals surface area (Å²) < 4.78 is 5.04. The molecule has 23 heavy (non-hydrogen) atoms. The molecule has 0 bridgehead atoms. The van der Waals surface area contributed by atoms with Crippen LogP contribution in [0, 0.1) is 0 Å². The first kappa shape index (κ1) is 16.8. The minimum atomic E-state index is -0.312. The number of benzene rings is 1. The van der Waals surface area contributed by atoms with Crippen LogP contribution in [0.2, 0.25) is 0 Å². The van der Waals surface area contributed by atoms with Crippen LogP contribution in [0.3, 0.4) is 0 Å². The van der Waals surface area contributed by atoms with Gasteiger partial charge in [0.25, 0.3) is 11.8 Å². The van der Waals surface area contributed by atoms with E-state index >= 15 is 0 Å². The van der Waals surface area contributed by atoms with E-state index in [2.05, 4.69) is 19.2 Å². The summed E-state index contributed by atoms with van der Waals surface area (Å²) in [6.07, 6.45) is 3.32. The van der Waals surface area contributed by atoms with Crippen LogP contribution < -0.4 is 5.32 Å². The predicted molar refractivity (Wildman–Crippen MR) is 89.6 cm³/mol. The van der Waals surface area contributed by atoms with Crippen molar-refractivity contribution >= 4 is 17.5 Å². The van der Waals surface area contributed by atoms with Crippen molar-refractivity contribution in [3.8, 4) is 0 Å².